The lowest BCUT2D eigenvalue weighted by molar-refractivity contribution is -0.122. The summed E-state index contributed by atoms with van der Waals surface area (Å²) in [5.41, 5.74) is 16.1. The van der Waals surface area contributed by atoms with Crippen molar-refractivity contribution in [2.24, 2.45) is 11.5 Å². The molecular weight excluding hydrogens is 222 g/mol. The number of amides is 1. The summed E-state index contributed by atoms with van der Waals surface area (Å²) in [5, 5.41) is 0. The monoisotopic (exact) mass is 235 g/mol. The summed E-state index contributed by atoms with van der Waals surface area (Å²) in [4.78, 5) is 33.9. The Morgan fingerprint density at radius 3 is 2.29 bits per heavy atom. The molecule has 1 atom stereocenters. The third-order valence-corrected chi connectivity index (χ3v) is 2.19. The fourth-order valence-electron chi connectivity index (χ4n) is 1.31. The number of benzene rings is 1. The van der Waals surface area contributed by atoms with Gasteiger partial charge in [0.25, 0.3) is 0 Å². The Morgan fingerprint density at radius 1 is 1.18 bits per heavy atom. The molecule has 1 rings (SSSR count). The van der Waals surface area contributed by atoms with Crippen molar-refractivity contribution in [3.8, 4) is 0 Å². The second-order valence-electron chi connectivity index (χ2n) is 3.56. The first-order valence-electron chi connectivity index (χ1n) is 4.90. The fraction of sp³-hybridized carbons (Fsp3) is 0.182. The zero-order valence-corrected chi connectivity index (χ0v) is 9.05. The molecule has 0 aliphatic carbocycles. The molecule has 1 aromatic carbocycles. The molecule has 0 aliphatic heterocycles. The van der Waals surface area contributed by atoms with Gasteiger partial charge in [0.2, 0.25) is 17.5 Å². The van der Waals surface area contributed by atoms with Crippen molar-refractivity contribution in [1.82, 2.24) is 0 Å². The van der Waals surface area contributed by atoms with Crippen LogP contribution in [0.2, 0.25) is 0 Å². The van der Waals surface area contributed by atoms with E-state index in [1.54, 1.807) is 12.1 Å². The second-order valence-corrected chi connectivity index (χ2v) is 3.56. The molecular formula is C11H13N3O3. The zero-order chi connectivity index (χ0) is 13.0. The minimum Gasteiger partial charge on any atom is -0.398 e. The molecule has 0 aliphatic rings. The van der Waals surface area contributed by atoms with E-state index in [1.165, 1.54) is 12.1 Å². The minimum absolute atomic E-state index is 0.0809. The highest BCUT2D eigenvalue weighted by Crippen LogP contribution is 2.12. The Kier molecular flexibility index (Phi) is 3.95. The predicted molar refractivity (Wildman–Crippen MR) is 62.0 cm³/mol. The maximum absolute atomic E-state index is 11.7. The highest BCUT2D eigenvalue weighted by atomic mass is 16.2. The summed E-state index contributed by atoms with van der Waals surface area (Å²) in [5.74, 6) is -2.42. The van der Waals surface area contributed by atoms with E-state index in [4.69, 9.17) is 17.2 Å². The van der Waals surface area contributed by atoms with Crippen LogP contribution in [0, 0.1) is 0 Å². The maximum Gasteiger partial charge on any atom is 0.232 e. The Labute approximate surface area is 97.8 Å². The lowest BCUT2D eigenvalue weighted by Gasteiger charge is -2.08. The highest BCUT2D eigenvalue weighted by molar-refractivity contribution is 6.46. The van der Waals surface area contributed by atoms with Crippen molar-refractivity contribution >= 4 is 23.2 Å². The number of hydrogen-bond acceptors (Lipinski definition) is 5. The van der Waals surface area contributed by atoms with Gasteiger partial charge in [-0.2, -0.15) is 0 Å². The fourth-order valence-corrected chi connectivity index (χ4v) is 1.31. The van der Waals surface area contributed by atoms with E-state index >= 15 is 0 Å². The van der Waals surface area contributed by atoms with E-state index in [1.807, 2.05) is 0 Å². The molecule has 0 saturated carbocycles. The van der Waals surface area contributed by atoms with Crippen molar-refractivity contribution in [3.05, 3.63) is 29.8 Å². The van der Waals surface area contributed by atoms with Gasteiger partial charge < -0.3 is 17.2 Å². The molecule has 0 unspecified atom stereocenters. The third kappa shape index (κ3) is 3.12. The molecule has 6 nitrogen and oxygen atoms in total. The van der Waals surface area contributed by atoms with Gasteiger partial charge in [0, 0.05) is 17.7 Å². The standard InChI is InChI=1S/C11H13N3O3/c12-7-4-2-1-3-6(7)10(16)11(17)8(13)5-9(14)15/h1-4,8H,5,12-13H2,(H2,14,15)/t8-/m0/s1. The Balaban J connectivity index is 2.87. The summed E-state index contributed by atoms with van der Waals surface area (Å²) >= 11 is 0. The molecule has 1 amide bonds. The van der Waals surface area contributed by atoms with Crippen molar-refractivity contribution in [2.75, 3.05) is 5.73 Å². The van der Waals surface area contributed by atoms with Crippen molar-refractivity contribution < 1.29 is 14.4 Å². The average molecular weight is 235 g/mol. The molecule has 0 saturated heterocycles. The molecule has 1 aromatic rings. The number of ketones is 2. The number of anilines is 1. The van der Waals surface area contributed by atoms with Crippen LogP contribution in [0.3, 0.4) is 0 Å². The van der Waals surface area contributed by atoms with Crippen molar-refractivity contribution in [1.29, 1.82) is 0 Å². The molecule has 0 fully saturated rings. The maximum atomic E-state index is 11.7. The van der Waals surface area contributed by atoms with Gasteiger partial charge in [-0.05, 0) is 12.1 Å². The van der Waals surface area contributed by atoms with E-state index in [-0.39, 0.29) is 17.7 Å². The van der Waals surface area contributed by atoms with Crippen LogP contribution < -0.4 is 17.2 Å². The van der Waals surface area contributed by atoms with Gasteiger partial charge in [-0.3, -0.25) is 14.4 Å². The van der Waals surface area contributed by atoms with E-state index < -0.39 is 23.5 Å². The number of para-hydroxylation sites is 1. The van der Waals surface area contributed by atoms with Gasteiger partial charge in [-0.15, -0.1) is 0 Å². The largest absolute Gasteiger partial charge is 0.398 e. The number of hydrogen-bond donors (Lipinski definition) is 3. The molecule has 0 bridgehead atoms. The second kappa shape index (κ2) is 5.22. The van der Waals surface area contributed by atoms with Crippen LogP contribution in [0.25, 0.3) is 0 Å². The smallest absolute Gasteiger partial charge is 0.232 e. The van der Waals surface area contributed by atoms with Crippen LogP contribution in [0.15, 0.2) is 24.3 Å². The van der Waals surface area contributed by atoms with Gasteiger partial charge in [0.15, 0.2) is 0 Å². The van der Waals surface area contributed by atoms with Crippen LogP contribution in [0.1, 0.15) is 16.8 Å². The first-order chi connectivity index (χ1) is 7.93. The molecule has 0 aromatic heterocycles. The number of rotatable bonds is 5. The summed E-state index contributed by atoms with van der Waals surface area (Å²) < 4.78 is 0. The predicted octanol–water partition coefficient (Wildman–Crippen LogP) is -0.777. The van der Waals surface area contributed by atoms with Crippen LogP contribution in [0.5, 0.6) is 0 Å². The van der Waals surface area contributed by atoms with E-state index in [2.05, 4.69) is 0 Å². The van der Waals surface area contributed by atoms with Gasteiger partial charge in [-0.1, -0.05) is 12.1 Å². The Bertz CT molecular complexity index is 471. The Morgan fingerprint density at radius 2 is 1.76 bits per heavy atom. The lowest BCUT2D eigenvalue weighted by atomic mass is 9.99. The van der Waals surface area contributed by atoms with Gasteiger partial charge in [0.05, 0.1) is 6.04 Å². The molecule has 0 heterocycles. The molecule has 6 heteroatoms. The highest BCUT2D eigenvalue weighted by Gasteiger charge is 2.25. The van der Waals surface area contributed by atoms with E-state index in [0.29, 0.717) is 0 Å². The minimum atomic E-state index is -1.22. The number of primary amides is 1. The lowest BCUT2D eigenvalue weighted by Crippen LogP contribution is -2.39. The summed E-state index contributed by atoms with van der Waals surface area (Å²) in [7, 11) is 0. The number of Topliss-reactive ketones (excluding diaryl/α,β-unsaturated/α-hetero) is 2. The van der Waals surface area contributed by atoms with Crippen LogP contribution in [-0.4, -0.2) is 23.5 Å². The Hall–Kier alpha value is -2.21. The van der Waals surface area contributed by atoms with Crippen molar-refractivity contribution in [2.45, 2.75) is 12.5 Å². The molecule has 17 heavy (non-hydrogen) atoms. The van der Waals surface area contributed by atoms with Crippen molar-refractivity contribution in [3.63, 3.8) is 0 Å². The number of nitrogen functional groups attached to an aromatic ring is 1. The van der Waals surface area contributed by atoms with Gasteiger partial charge >= 0.3 is 0 Å². The number of carbonyl (C=O) groups is 3. The molecule has 0 spiro atoms. The summed E-state index contributed by atoms with van der Waals surface area (Å²) in [6.07, 6.45) is -0.364. The number of carbonyl (C=O) groups excluding carboxylic acids is 3. The summed E-state index contributed by atoms with van der Waals surface area (Å²) in [6.45, 7) is 0. The topological polar surface area (TPSA) is 129 Å². The average Bonchev–Trinajstić information content (AvgIpc) is 2.27. The van der Waals surface area contributed by atoms with E-state index in [0.717, 1.165) is 0 Å². The van der Waals surface area contributed by atoms with Crippen LogP contribution in [0.4, 0.5) is 5.69 Å². The van der Waals surface area contributed by atoms with Gasteiger partial charge in [0.1, 0.15) is 0 Å². The summed E-state index contributed by atoms with van der Waals surface area (Å²) in [6, 6.07) is 4.92. The zero-order valence-electron chi connectivity index (χ0n) is 9.05. The SMILES string of the molecule is NC(=O)C[C@H](N)C(=O)C(=O)c1ccccc1N. The normalized spacial score (nSPS) is 11.8. The first kappa shape index (κ1) is 12.9. The molecule has 6 N–H and O–H groups in total. The van der Waals surface area contributed by atoms with Gasteiger partial charge in [-0.25, -0.2) is 0 Å². The molecule has 90 valence electrons. The van der Waals surface area contributed by atoms with E-state index in [9.17, 15) is 14.4 Å². The quantitative estimate of drug-likeness (QED) is 0.350. The third-order valence-electron chi connectivity index (χ3n) is 2.19. The van der Waals surface area contributed by atoms with Crippen LogP contribution >= 0.6 is 0 Å². The van der Waals surface area contributed by atoms with Crippen LogP contribution in [-0.2, 0) is 9.59 Å². The first-order valence-corrected chi connectivity index (χ1v) is 4.90. The molecule has 0 radical (unpaired) electrons. The number of nitrogens with two attached hydrogens (primary N) is 3.